The third-order valence-corrected chi connectivity index (χ3v) is 7.01. The maximum Gasteiger partial charge on any atom is 0.253 e. The van der Waals surface area contributed by atoms with E-state index in [9.17, 15) is 9.59 Å². The Bertz CT molecular complexity index is 821. The molecule has 1 aromatic rings. The van der Waals surface area contributed by atoms with Gasteiger partial charge in [-0.2, -0.15) is 0 Å². The van der Waals surface area contributed by atoms with Gasteiger partial charge in [-0.15, -0.1) is 0 Å². The first-order valence-electron chi connectivity index (χ1n) is 12.4. The molecule has 1 amide bonds. The Labute approximate surface area is 190 Å². The van der Waals surface area contributed by atoms with E-state index in [2.05, 4.69) is 4.90 Å². The minimum atomic E-state index is 0.0831. The summed E-state index contributed by atoms with van der Waals surface area (Å²) < 4.78 is 13.3. The van der Waals surface area contributed by atoms with Crippen molar-refractivity contribution in [2.75, 3.05) is 53.0 Å². The Morgan fingerprint density at radius 2 is 2.12 bits per heavy atom. The van der Waals surface area contributed by atoms with Crippen LogP contribution >= 0.6 is 0 Å². The topological polar surface area (TPSA) is 76.9 Å². The van der Waals surface area contributed by atoms with Crippen LogP contribution in [0.1, 0.15) is 62.4 Å². The number of hydrogen-bond acceptors (Lipinski definition) is 6. The second kappa shape index (κ2) is 11.4. The molecule has 3 aliphatic heterocycles. The summed E-state index contributed by atoms with van der Waals surface area (Å²) in [6, 6.07) is 1.73. The summed E-state index contributed by atoms with van der Waals surface area (Å²) in [6.45, 7) is 5.41. The van der Waals surface area contributed by atoms with Gasteiger partial charge in [0.15, 0.2) is 0 Å². The molecule has 2 atom stereocenters. The number of hydrogen-bond donors (Lipinski definition) is 0. The van der Waals surface area contributed by atoms with Gasteiger partial charge in [-0.25, -0.2) is 4.98 Å². The lowest BCUT2D eigenvalue weighted by atomic mass is 10.0. The molecule has 0 radical (unpaired) electrons. The molecule has 0 unspecified atom stereocenters. The van der Waals surface area contributed by atoms with E-state index in [1.807, 2.05) is 11.6 Å². The Morgan fingerprint density at radius 3 is 2.97 bits per heavy atom. The maximum atomic E-state index is 12.7. The van der Waals surface area contributed by atoms with E-state index >= 15 is 0 Å². The monoisotopic (exact) mass is 446 g/mol. The van der Waals surface area contributed by atoms with E-state index in [1.54, 1.807) is 11.0 Å². The third-order valence-electron chi connectivity index (χ3n) is 7.01. The summed E-state index contributed by atoms with van der Waals surface area (Å²) in [7, 11) is 1.84. The second-order valence-corrected chi connectivity index (χ2v) is 9.50. The predicted molar refractivity (Wildman–Crippen MR) is 122 cm³/mol. The van der Waals surface area contributed by atoms with Gasteiger partial charge >= 0.3 is 0 Å². The van der Waals surface area contributed by atoms with Crippen molar-refractivity contribution in [3.8, 4) is 0 Å². The van der Waals surface area contributed by atoms with Crippen molar-refractivity contribution < 1.29 is 14.3 Å². The normalized spacial score (nSPS) is 24.2. The first-order chi connectivity index (χ1) is 15.6. The fourth-order valence-corrected chi connectivity index (χ4v) is 4.95. The number of aromatic nitrogens is 2. The van der Waals surface area contributed by atoms with E-state index in [0.717, 1.165) is 82.7 Å². The van der Waals surface area contributed by atoms with Crippen molar-refractivity contribution in [3.63, 3.8) is 0 Å². The molecular formula is C24H38N4O4. The number of ether oxygens (including phenoxy) is 2. The quantitative estimate of drug-likeness (QED) is 0.567. The fourth-order valence-electron chi connectivity index (χ4n) is 4.95. The van der Waals surface area contributed by atoms with E-state index in [-0.39, 0.29) is 23.5 Å². The van der Waals surface area contributed by atoms with Gasteiger partial charge in [0.05, 0.1) is 31.6 Å². The Balaban J connectivity index is 1.21. The number of fused-ring (bicyclic) bond motifs is 1. The van der Waals surface area contributed by atoms with Crippen LogP contribution in [-0.2, 0) is 27.2 Å². The molecule has 4 heterocycles. The van der Waals surface area contributed by atoms with Gasteiger partial charge in [-0.05, 0) is 45.1 Å². The minimum Gasteiger partial charge on any atom is -0.377 e. The van der Waals surface area contributed by atoms with E-state index in [4.69, 9.17) is 14.5 Å². The van der Waals surface area contributed by atoms with Crippen LogP contribution < -0.4 is 5.56 Å². The molecule has 0 aromatic carbocycles. The van der Waals surface area contributed by atoms with Gasteiger partial charge in [0.25, 0.3) is 5.56 Å². The third kappa shape index (κ3) is 6.17. The number of amides is 1. The molecule has 8 nitrogen and oxygen atoms in total. The first-order valence-corrected chi connectivity index (χ1v) is 12.4. The molecule has 0 saturated carbocycles. The number of nitrogens with zero attached hydrogens (tertiary/aromatic N) is 4. The van der Waals surface area contributed by atoms with Crippen LogP contribution in [-0.4, -0.2) is 84.4 Å². The van der Waals surface area contributed by atoms with Crippen molar-refractivity contribution in [2.45, 2.75) is 69.9 Å². The van der Waals surface area contributed by atoms with Crippen molar-refractivity contribution in [1.82, 2.24) is 19.4 Å². The van der Waals surface area contributed by atoms with Crippen LogP contribution in [0.4, 0.5) is 0 Å². The summed E-state index contributed by atoms with van der Waals surface area (Å²) in [5.41, 5.74) is 0.990. The van der Waals surface area contributed by atoms with Gasteiger partial charge in [0.2, 0.25) is 5.91 Å². The largest absolute Gasteiger partial charge is 0.377 e. The zero-order valence-corrected chi connectivity index (χ0v) is 19.5. The molecule has 0 spiro atoms. The maximum absolute atomic E-state index is 12.7. The number of carbonyl (C=O) groups excluding carboxylic acids is 1. The number of likely N-dealkylation sites (N-methyl/N-ethyl adjacent to an activating group) is 1. The molecule has 0 N–H and O–H groups in total. The summed E-state index contributed by atoms with van der Waals surface area (Å²) in [5.74, 6) is 1.28. The van der Waals surface area contributed by atoms with Crippen molar-refractivity contribution >= 4 is 5.91 Å². The number of aryl methyl sites for hydroxylation is 1. The van der Waals surface area contributed by atoms with Crippen molar-refractivity contribution in [1.29, 1.82) is 0 Å². The van der Waals surface area contributed by atoms with Crippen LogP contribution in [0.15, 0.2) is 10.9 Å². The zero-order chi connectivity index (χ0) is 22.3. The van der Waals surface area contributed by atoms with E-state index in [0.29, 0.717) is 26.3 Å². The molecule has 0 aliphatic carbocycles. The van der Waals surface area contributed by atoms with Gasteiger partial charge < -0.3 is 14.4 Å². The number of rotatable bonds is 8. The Morgan fingerprint density at radius 1 is 1.22 bits per heavy atom. The van der Waals surface area contributed by atoms with Gasteiger partial charge in [-0.1, -0.05) is 6.42 Å². The highest BCUT2D eigenvalue weighted by Gasteiger charge is 2.28. The standard InChI is InChI=1S/C24H38N4O4/c1-26(12-14-31-18-20-7-4-6-13-32-20)24(30)17-27-11-9-19(16-27)21-15-23(29)28-10-5-2-3-8-22(28)25-21/h15,19-20H,2-14,16-18H2,1H3/t19-,20+/m1/s1. The second-order valence-electron chi connectivity index (χ2n) is 9.50. The molecule has 32 heavy (non-hydrogen) atoms. The molecule has 4 rings (SSSR count). The highest BCUT2D eigenvalue weighted by atomic mass is 16.5. The van der Waals surface area contributed by atoms with Crippen LogP contribution in [0.2, 0.25) is 0 Å². The highest BCUT2D eigenvalue weighted by Crippen LogP contribution is 2.26. The van der Waals surface area contributed by atoms with Crippen LogP contribution in [0, 0.1) is 0 Å². The first kappa shape index (κ1) is 23.4. The van der Waals surface area contributed by atoms with Crippen LogP contribution in [0.5, 0.6) is 0 Å². The molecule has 3 aliphatic rings. The highest BCUT2D eigenvalue weighted by molar-refractivity contribution is 5.78. The lowest BCUT2D eigenvalue weighted by Crippen LogP contribution is -2.39. The van der Waals surface area contributed by atoms with E-state index < -0.39 is 0 Å². The van der Waals surface area contributed by atoms with Crippen LogP contribution in [0.25, 0.3) is 0 Å². The molecule has 2 fully saturated rings. The molecule has 8 heteroatoms. The number of carbonyl (C=O) groups is 1. The molecular weight excluding hydrogens is 408 g/mol. The van der Waals surface area contributed by atoms with Crippen molar-refractivity contribution in [2.24, 2.45) is 0 Å². The van der Waals surface area contributed by atoms with Gasteiger partial charge in [-0.3, -0.25) is 19.1 Å². The number of likely N-dealkylation sites (tertiary alicyclic amines) is 1. The fraction of sp³-hybridized carbons (Fsp3) is 0.792. The van der Waals surface area contributed by atoms with Gasteiger partial charge in [0.1, 0.15) is 5.82 Å². The zero-order valence-electron chi connectivity index (χ0n) is 19.5. The Hall–Kier alpha value is -1.77. The smallest absolute Gasteiger partial charge is 0.253 e. The van der Waals surface area contributed by atoms with Gasteiger partial charge in [0, 0.05) is 51.7 Å². The lowest BCUT2D eigenvalue weighted by Gasteiger charge is -2.24. The molecule has 0 bridgehead atoms. The summed E-state index contributed by atoms with van der Waals surface area (Å²) in [6.07, 6.45) is 8.77. The molecule has 1 aromatic heterocycles. The summed E-state index contributed by atoms with van der Waals surface area (Å²) in [5, 5.41) is 0. The molecule has 2 saturated heterocycles. The lowest BCUT2D eigenvalue weighted by molar-refractivity contribution is -0.131. The Kier molecular flexibility index (Phi) is 8.32. The molecule has 178 valence electrons. The predicted octanol–water partition coefficient (Wildman–Crippen LogP) is 1.80. The SMILES string of the molecule is CN(CCOC[C@@H]1CCCCO1)C(=O)CN1CC[C@@H](c2cc(=O)n3c(n2)CCCCC3)C1. The van der Waals surface area contributed by atoms with Crippen LogP contribution in [0.3, 0.4) is 0 Å². The minimum absolute atomic E-state index is 0.0831. The van der Waals surface area contributed by atoms with E-state index in [1.165, 1.54) is 6.42 Å². The average molecular weight is 447 g/mol. The average Bonchev–Trinajstić information content (AvgIpc) is 3.13. The summed E-state index contributed by atoms with van der Waals surface area (Å²) in [4.78, 5) is 34.1. The van der Waals surface area contributed by atoms with Crippen molar-refractivity contribution in [3.05, 3.63) is 27.9 Å². The summed E-state index contributed by atoms with van der Waals surface area (Å²) >= 11 is 0.